The van der Waals surface area contributed by atoms with E-state index in [4.69, 9.17) is 9.47 Å². The Morgan fingerprint density at radius 1 is 0.944 bits per heavy atom. The first-order valence-corrected chi connectivity index (χ1v) is 7.40. The van der Waals surface area contributed by atoms with Crippen molar-refractivity contribution in [2.75, 3.05) is 13.2 Å². The van der Waals surface area contributed by atoms with Crippen molar-refractivity contribution in [1.82, 2.24) is 0 Å². The van der Waals surface area contributed by atoms with Crippen molar-refractivity contribution >= 4 is 0 Å². The summed E-state index contributed by atoms with van der Waals surface area (Å²) >= 11 is 0. The second-order valence-corrected chi connectivity index (χ2v) is 8.14. The molecule has 0 N–H and O–H groups in total. The predicted octanol–water partition coefficient (Wildman–Crippen LogP) is 4.24. The molecular formula is C16H30O2. The number of rotatable bonds is 2. The van der Waals surface area contributed by atoms with Gasteiger partial charge in [-0.2, -0.15) is 0 Å². The Balaban J connectivity index is 1.99. The van der Waals surface area contributed by atoms with Crippen LogP contribution < -0.4 is 0 Å². The molecule has 0 aromatic carbocycles. The minimum atomic E-state index is -0.387. The lowest BCUT2D eigenvalue weighted by Crippen LogP contribution is -2.46. The van der Waals surface area contributed by atoms with Crippen LogP contribution in [0.4, 0.5) is 0 Å². The maximum absolute atomic E-state index is 5.85. The van der Waals surface area contributed by atoms with Gasteiger partial charge in [0.25, 0.3) is 0 Å². The summed E-state index contributed by atoms with van der Waals surface area (Å²) in [5, 5.41) is 0. The Morgan fingerprint density at radius 2 is 1.50 bits per heavy atom. The van der Waals surface area contributed by atoms with Crippen molar-refractivity contribution in [3.8, 4) is 0 Å². The van der Waals surface area contributed by atoms with Crippen molar-refractivity contribution in [3.63, 3.8) is 0 Å². The molecule has 1 saturated heterocycles. The van der Waals surface area contributed by atoms with Crippen LogP contribution in [0.2, 0.25) is 0 Å². The van der Waals surface area contributed by atoms with Crippen molar-refractivity contribution in [1.29, 1.82) is 0 Å². The van der Waals surface area contributed by atoms with Gasteiger partial charge in [0.15, 0.2) is 5.79 Å². The van der Waals surface area contributed by atoms with Gasteiger partial charge in [-0.25, -0.2) is 0 Å². The fourth-order valence-corrected chi connectivity index (χ4v) is 3.53. The molecule has 0 aromatic heterocycles. The fourth-order valence-electron chi connectivity index (χ4n) is 3.53. The van der Waals surface area contributed by atoms with Crippen LogP contribution in [-0.4, -0.2) is 19.0 Å². The molecule has 0 bridgehead atoms. The monoisotopic (exact) mass is 254 g/mol. The highest BCUT2D eigenvalue weighted by molar-refractivity contribution is 4.94. The molecule has 2 aliphatic rings. The van der Waals surface area contributed by atoms with Gasteiger partial charge in [-0.3, -0.25) is 0 Å². The summed E-state index contributed by atoms with van der Waals surface area (Å²) in [4.78, 5) is 0. The normalized spacial score (nSPS) is 32.7. The molecule has 106 valence electrons. The van der Waals surface area contributed by atoms with E-state index in [0.717, 1.165) is 19.1 Å². The van der Waals surface area contributed by atoms with E-state index in [0.29, 0.717) is 16.7 Å². The average molecular weight is 254 g/mol. The maximum atomic E-state index is 5.85. The van der Waals surface area contributed by atoms with Crippen LogP contribution >= 0.6 is 0 Å². The van der Waals surface area contributed by atoms with Crippen molar-refractivity contribution in [2.45, 2.75) is 66.6 Å². The smallest absolute Gasteiger partial charge is 0.162 e. The summed E-state index contributed by atoms with van der Waals surface area (Å²) in [6, 6.07) is 0. The van der Waals surface area contributed by atoms with Crippen LogP contribution in [0.3, 0.4) is 0 Å². The standard InChI is InChI=1S/C16H30O2/c1-14(2)8-7-12(9-14)15(3,4)13-10-17-16(5,6)18-11-13/h12-13H,7-11H2,1-6H3. The number of hydrogen-bond acceptors (Lipinski definition) is 2. The highest BCUT2D eigenvalue weighted by atomic mass is 16.7. The molecule has 0 spiro atoms. The second kappa shape index (κ2) is 4.49. The first kappa shape index (κ1) is 14.3. The zero-order valence-electron chi connectivity index (χ0n) is 13.0. The first-order chi connectivity index (χ1) is 8.12. The van der Waals surface area contributed by atoms with E-state index in [9.17, 15) is 0 Å². The predicted molar refractivity (Wildman–Crippen MR) is 74.4 cm³/mol. The lowest BCUT2D eigenvalue weighted by molar-refractivity contribution is -0.276. The summed E-state index contributed by atoms with van der Waals surface area (Å²) in [6.45, 7) is 15.3. The molecule has 2 rings (SSSR count). The van der Waals surface area contributed by atoms with E-state index in [1.54, 1.807) is 0 Å². The molecule has 0 aromatic rings. The summed E-state index contributed by atoms with van der Waals surface area (Å²) in [6.07, 6.45) is 4.07. The molecular weight excluding hydrogens is 224 g/mol. The van der Waals surface area contributed by atoms with Gasteiger partial charge in [0.1, 0.15) is 0 Å². The zero-order valence-corrected chi connectivity index (χ0v) is 13.0. The van der Waals surface area contributed by atoms with Crippen LogP contribution in [0.1, 0.15) is 60.8 Å². The van der Waals surface area contributed by atoms with Gasteiger partial charge in [-0.1, -0.05) is 27.7 Å². The Kier molecular flexibility index (Phi) is 3.57. The molecule has 1 unspecified atom stereocenters. The van der Waals surface area contributed by atoms with Gasteiger partial charge in [0.05, 0.1) is 13.2 Å². The van der Waals surface area contributed by atoms with E-state index in [1.165, 1.54) is 19.3 Å². The minimum absolute atomic E-state index is 0.324. The van der Waals surface area contributed by atoms with Crippen LogP contribution in [0.15, 0.2) is 0 Å². The Hall–Kier alpha value is -0.0800. The largest absolute Gasteiger partial charge is 0.350 e. The third kappa shape index (κ3) is 2.91. The fraction of sp³-hybridized carbons (Fsp3) is 1.00. The maximum Gasteiger partial charge on any atom is 0.162 e. The van der Waals surface area contributed by atoms with Gasteiger partial charge in [0.2, 0.25) is 0 Å². The number of hydrogen-bond donors (Lipinski definition) is 0. The first-order valence-electron chi connectivity index (χ1n) is 7.40. The van der Waals surface area contributed by atoms with Crippen molar-refractivity contribution in [3.05, 3.63) is 0 Å². The number of ether oxygens (including phenoxy) is 2. The average Bonchev–Trinajstić information content (AvgIpc) is 2.59. The van der Waals surface area contributed by atoms with Crippen LogP contribution in [0.5, 0.6) is 0 Å². The van der Waals surface area contributed by atoms with E-state index in [-0.39, 0.29) is 5.79 Å². The van der Waals surface area contributed by atoms with E-state index in [1.807, 2.05) is 13.8 Å². The second-order valence-electron chi connectivity index (χ2n) is 8.14. The van der Waals surface area contributed by atoms with Crippen molar-refractivity contribution in [2.24, 2.45) is 22.7 Å². The van der Waals surface area contributed by atoms with Gasteiger partial charge in [-0.15, -0.1) is 0 Å². The van der Waals surface area contributed by atoms with Crippen LogP contribution in [0, 0.1) is 22.7 Å². The lowest BCUT2D eigenvalue weighted by atomic mass is 9.68. The van der Waals surface area contributed by atoms with Gasteiger partial charge >= 0.3 is 0 Å². The van der Waals surface area contributed by atoms with Gasteiger partial charge in [-0.05, 0) is 49.9 Å². The van der Waals surface area contributed by atoms with E-state index in [2.05, 4.69) is 27.7 Å². The molecule has 1 aliphatic heterocycles. The Labute approximate surface area is 112 Å². The minimum Gasteiger partial charge on any atom is -0.350 e. The zero-order chi connectivity index (χ0) is 13.6. The highest BCUT2D eigenvalue weighted by Gasteiger charge is 2.45. The molecule has 1 aliphatic carbocycles. The van der Waals surface area contributed by atoms with Gasteiger partial charge in [0, 0.05) is 5.92 Å². The van der Waals surface area contributed by atoms with E-state index < -0.39 is 0 Å². The Morgan fingerprint density at radius 3 is 1.94 bits per heavy atom. The summed E-state index contributed by atoms with van der Waals surface area (Å²) in [7, 11) is 0. The molecule has 2 nitrogen and oxygen atoms in total. The molecule has 1 atom stereocenters. The Bertz CT molecular complexity index is 294. The van der Waals surface area contributed by atoms with Crippen LogP contribution in [0.25, 0.3) is 0 Å². The summed E-state index contributed by atoms with van der Waals surface area (Å²) < 4.78 is 11.7. The van der Waals surface area contributed by atoms with Gasteiger partial charge < -0.3 is 9.47 Å². The SMILES string of the molecule is CC1(C)CCC(C(C)(C)C2COC(C)(C)OC2)C1. The highest BCUT2D eigenvalue weighted by Crippen LogP contribution is 2.52. The lowest BCUT2D eigenvalue weighted by Gasteiger charge is -2.45. The molecule has 1 heterocycles. The third-order valence-corrected chi connectivity index (χ3v) is 5.34. The molecule has 0 radical (unpaired) electrons. The topological polar surface area (TPSA) is 18.5 Å². The molecule has 2 fully saturated rings. The molecule has 2 heteroatoms. The third-order valence-electron chi connectivity index (χ3n) is 5.34. The molecule has 1 saturated carbocycles. The summed E-state index contributed by atoms with van der Waals surface area (Å²) in [5.74, 6) is 0.956. The van der Waals surface area contributed by atoms with Crippen LogP contribution in [-0.2, 0) is 9.47 Å². The van der Waals surface area contributed by atoms with E-state index >= 15 is 0 Å². The molecule has 0 amide bonds. The summed E-state index contributed by atoms with van der Waals surface area (Å²) in [5.41, 5.74) is 0.849. The quantitative estimate of drug-likeness (QED) is 0.734. The molecule has 18 heavy (non-hydrogen) atoms. The van der Waals surface area contributed by atoms with Crippen molar-refractivity contribution < 1.29 is 9.47 Å².